The largest absolute Gasteiger partial charge is 0.488 e. The summed E-state index contributed by atoms with van der Waals surface area (Å²) in [5.41, 5.74) is 0.647. The third kappa shape index (κ3) is 4.55. The van der Waals surface area contributed by atoms with Crippen LogP contribution in [-0.2, 0) is 4.79 Å². The molecule has 2 rings (SSSR count). The molecule has 0 saturated heterocycles. The van der Waals surface area contributed by atoms with E-state index in [2.05, 4.69) is 5.32 Å². The number of hydrogen-bond donors (Lipinski definition) is 1. The van der Waals surface area contributed by atoms with Gasteiger partial charge >= 0.3 is 0 Å². The first-order valence-electron chi connectivity index (χ1n) is 7.54. The van der Waals surface area contributed by atoms with Crippen molar-refractivity contribution in [2.75, 3.05) is 5.32 Å². The van der Waals surface area contributed by atoms with Crippen LogP contribution in [-0.4, -0.2) is 11.5 Å². The molecule has 1 aromatic carbocycles. The number of hydrogen-bond acceptors (Lipinski definition) is 2. The van der Waals surface area contributed by atoms with Gasteiger partial charge in [-0.2, -0.15) is 0 Å². The zero-order valence-electron chi connectivity index (χ0n) is 12.7. The average Bonchev–Trinajstić information content (AvgIpc) is 2.40. The van der Waals surface area contributed by atoms with Crippen molar-refractivity contribution >= 4 is 11.6 Å². The molecule has 1 amide bonds. The topological polar surface area (TPSA) is 38.3 Å². The molecule has 0 atom stereocenters. The molecule has 0 unspecified atom stereocenters. The summed E-state index contributed by atoms with van der Waals surface area (Å²) < 4.78 is 5.77. The van der Waals surface area contributed by atoms with E-state index < -0.39 is 0 Å². The Morgan fingerprint density at radius 2 is 1.70 bits per heavy atom. The van der Waals surface area contributed by atoms with Gasteiger partial charge in [-0.05, 0) is 57.9 Å². The summed E-state index contributed by atoms with van der Waals surface area (Å²) in [6.45, 7) is 6.06. The first-order chi connectivity index (χ1) is 9.44. The van der Waals surface area contributed by atoms with E-state index in [1.807, 2.05) is 45.0 Å². The summed E-state index contributed by atoms with van der Waals surface area (Å²) in [5.74, 6) is 1.18. The van der Waals surface area contributed by atoms with Crippen LogP contribution in [0.3, 0.4) is 0 Å². The summed E-state index contributed by atoms with van der Waals surface area (Å²) in [4.78, 5) is 12.1. The van der Waals surface area contributed by atoms with Gasteiger partial charge in [-0.25, -0.2) is 0 Å². The van der Waals surface area contributed by atoms with E-state index in [0.717, 1.165) is 24.3 Å². The van der Waals surface area contributed by atoms with E-state index in [4.69, 9.17) is 4.74 Å². The molecule has 1 aromatic rings. The molecule has 1 aliphatic carbocycles. The number of rotatable bonds is 3. The molecule has 0 aliphatic heterocycles. The highest BCUT2D eigenvalue weighted by atomic mass is 16.5. The quantitative estimate of drug-likeness (QED) is 0.888. The smallest absolute Gasteiger partial charge is 0.227 e. The molecular weight excluding hydrogens is 250 g/mol. The van der Waals surface area contributed by atoms with Crippen LogP contribution in [0, 0.1) is 5.92 Å². The van der Waals surface area contributed by atoms with Crippen molar-refractivity contribution in [1.82, 2.24) is 0 Å². The molecule has 110 valence electrons. The standard InChI is InChI=1S/C17H25NO2/c1-17(2,3)20-15-11-9-14(10-12-15)18-16(19)13-7-5-4-6-8-13/h9-13H,4-8H2,1-3H3,(H,18,19). The van der Waals surface area contributed by atoms with Crippen molar-refractivity contribution in [2.45, 2.75) is 58.5 Å². The SMILES string of the molecule is CC(C)(C)Oc1ccc(NC(=O)C2CCCCC2)cc1. The first kappa shape index (κ1) is 14.9. The van der Waals surface area contributed by atoms with Crippen LogP contribution < -0.4 is 10.1 Å². The fraction of sp³-hybridized carbons (Fsp3) is 0.588. The normalized spacial score (nSPS) is 16.8. The number of carbonyl (C=O) groups is 1. The second-order valence-corrected chi connectivity index (χ2v) is 6.56. The second-order valence-electron chi connectivity index (χ2n) is 6.56. The summed E-state index contributed by atoms with van der Waals surface area (Å²) in [5, 5.41) is 3.01. The molecule has 3 heteroatoms. The number of ether oxygens (including phenoxy) is 1. The Balaban J connectivity index is 1.91. The maximum Gasteiger partial charge on any atom is 0.227 e. The van der Waals surface area contributed by atoms with Gasteiger partial charge in [0.25, 0.3) is 0 Å². The minimum atomic E-state index is -0.202. The molecule has 1 N–H and O–H groups in total. The van der Waals surface area contributed by atoms with E-state index in [-0.39, 0.29) is 17.4 Å². The van der Waals surface area contributed by atoms with Gasteiger partial charge in [-0.15, -0.1) is 0 Å². The number of anilines is 1. The predicted molar refractivity (Wildman–Crippen MR) is 82.0 cm³/mol. The maximum absolute atomic E-state index is 12.1. The molecular formula is C17H25NO2. The Hall–Kier alpha value is -1.51. The van der Waals surface area contributed by atoms with E-state index >= 15 is 0 Å². The molecule has 0 heterocycles. The van der Waals surface area contributed by atoms with Gasteiger partial charge in [0.2, 0.25) is 5.91 Å². The van der Waals surface area contributed by atoms with Gasteiger partial charge in [0, 0.05) is 11.6 Å². The first-order valence-corrected chi connectivity index (χ1v) is 7.54. The number of amides is 1. The van der Waals surface area contributed by atoms with Crippen molar-refractivity contribution in [2.24, 2.45) is 5.92 Å². The summed E-state index contributed by atoms with van der Waals surface area (Å²) >= 11 is 0. The Morgan fingerprint density at radius 3 is 2.25 bits per heavy atom. The van der Waals surface area contributed by atoms with E-state index in [0.29, 0.717) is 0 Å². The summed E-state index contributed by atoms with van der Waals surface area (Å²) in [6.07, 6.45) is 5.67. The number of benzene rings is 1. The van der Waals surface area contributed by atoms with Crippen LogP contribution in [0.25, 0.3) is 0 Å². The Labute approximate surface area is 121 Å². The van der Waals surface area contributed by atoms with Gasteiger partial charge in [0.15, 0.2) is 0 Å². The lowest BCUT2D eigenvalue weighted by atomic mass is 9.88. The Bertz CT molecular complexity index is 439. The van der Waals surface area contributed by atoms with E-state index in [9.17, 15) is 4.79 Å². The van der Waals surface area contributed by atoms with Crippen molar-refractivity contribution in [1.29, 1.82) is 0 Å². The Kier molecular flexibility index (Phi) is 4.69. The minimum Gasteiger partial charge on any atom is -0.488 e. The molecule has 1 aliphatic rings. The zero-order chi connectivity index (χ0) is 14.6. The highest BCUT2D eigenvalue weighted by Gasteiger charge is 2.21. The van der Waals surface area contributed by atoms with E-state index in [1.165, 1.54) is 19.3 Å². The molecule has 1 fully saturated rings. The zero-order valence-corrected chi connectivity index (χ0v) is 12.7. The number of nitrogens with one attached hydrogen (secondary N) is 1. The second kappa shape index (κ2) is 6.29. The summed E-state index contributed by atoms with van der Waals surface area (Å²) in [7, 11) is 0. The molecule has 0 bridgehead atoms. The lowest BCUT2D eigenvalue weighted by Gasteiger charge is -2.22. The van der Waals surface area contributed by atoms with Gasteiger partial charge < -0.3 is 10.1 Å². The van der Waals surface area contributed by atoms with Crippen molar-refractivity contribution in [3.8, 4) is 5.75 Å². The van der Waals surface area contributed by atoms with Crippen LogP contribution in [0.2, 0.25) is 0 Å². The van der Waals surface area contributed by atoms with Gasteiger partial charge in [-0.3, -0.25) is 4.79 Å². The Morgan fingerprint density at radius 1 is 1.10 bits per heavy atom. The van der Waals surface area contributed by atoms with Crippen LogP contribution >= 0.6 is 0 Å². The lowest BCUT2D eigenvalue weighted by Crippen LogP contribution is -2.25. The highest BCUT2D eigenvalue weighted by molar-refractivity contribution is 5.92. The fourth-order valence-corrected chi connectivity index (χ4v) is 2.57. The minimum absolute atomic E-state index is 0.161. The lowest BCUT2D eigenvalue weighted by molar-refractivity contribution is -0.120. The van der Waals surface area contributed by atoms with Crippen LogP contribution in [0.4, 0.5) is 5.69 Å². The number of carbonyl (C=O) groups excluding carboxylic acids is 1. The molecule has 0 radical (unpaired) electrons. The molecule has 20 heavy (non-hydrogen) atoms. The summed E-state index contributed by atoms with van der Waals surface area (Å²) in [6, 6.07) is 7.62. The molecule has 0 spiro atoms. The fourth-order valence-electron chi connectivity index (χ4n) is 2.57. The van der Waals surface area contributed by atoms with Crippen molar-refractivity contribution in [3.05, 3.63) is 24.3 Å². The highest BCUT2D eigenvalue weighted by Crippen LogP contribution is 2.26. The monoisotopic (exact) mass is 275 g/mol. The molecule has 1 saturated carbocycles. The van der Waals surface area contributed by atoms with Gasteiger partial charge in [-0.1, -0.05) is 19.3 Å². The van der Waals surface area contributed by atoms with Crippen LogP contribution in [0.1, 0.15) is 52.9 Å². The maximum atomic E-state index is 12.1. The third-order valence-corrected chi connectivity index (χ3v) is 3.52. The van der Waals surface area contributed by atoms with E-state index in [1.54, 1.807) is 0 Å². The van der Waals surface area contributed by atoms with Crippen LogP contribution in [0.5, 0.6) is 5.75 Å². The van der Waals surface area contributed by atoms with Crippen molar-refractivity contribution < 1.29 is 9.53 Å². The average molecular weight is 275 g/mol. The van der Waals surface area contributed by atoms with Crippen molar-refractivity contribution in [3.63, 3.8) is 0 Å². The van der Waals surface area contributed by atoms with Crippen LogP contribution in [0.15, 0.2) is 24.3 Å². The van der Waals surface area contributed by atoms with Gasteiger partial charge in [0.1, 0.15) is 11.4 Å². The third-order valence-electron chi connectivity index (χ3n) is 3.52. The molecule has 3 nitrogen and oxygen atoms in total. The predicted octanol–water partition coefficient (Wildman–Crippen LogP) is 4.38. The molecule has 0 aromatic heterocycles. The van der Waals surface area contributed by atoms with Gasteiger partial charge in [0.05, 0.1) is 0 Å².